The minimum Gasteiger partial charge on any atom is -0.490 e. The summed E-state index contributed by atoms with van der Waals surface area (Å²) in [6.07, 6.45) is 29.5. The van der Waals surface area contributed by atoms with Crippen molar-refractivity contribution in [3.63, 3.8) is 0 Å². The first-order chi connectivity index (χ1) is 12.8. The van der Waals surface area contributed by atoms with Crippen molar-refractivity contribution in [2.24, 2.45) is 0 Å². The Hall–Kier alpha value is -0.110. The molecular weight excluding hydrogens is 336 g/mol. The summed E-state index contributed by atoms with van der Waals surface area (Å²) in [4.78, 5) is 0. The molecule has 0 unspecified atom stereocenters. The molecule has 156 valence electrons. The molecule has 0 saturated carbocycles. The van der Waals surface area contributed by atoms with Gasteiger partial charge in [-0.25, -0.2) is 0 Å². The van der Waals surface area contributed by atoms with Crippen molar-refractivity contribution in [2.45, 2.75) is 142 Å². The maximum absolute atomic E-state index is 5.06. The number of ether oxygens (including phenoxy) is 1. The number of unbranched alkanes of at least 4 members (excludes halogenated alkanes) is 19. The van der Waals surface area contributed by atoms with Crippen molar-refractivity contribution in [3.05, 3.63) is 0 Å². The molecule has 0 rings (SSSR count). The van der Waals surface area contributed by atoms with Gasteiger partial charge in [0.05, 0.1) is 7.11 Å². The molecule has 0 saturated heterocycles. The van der Waals surface area contributed by atoms with E-state index in [1.54, 1.807) is 7.11 Å². The average Bonchev–Trinajstić information content (AvgIpc) is 2.66. The molecule has 0 aliphatic carbocycles. The zero-order valence-corrected chi connectivity index (χ0v) is 19.0. The van der Waals surface area contributed by atoms with Gasteiger partial charge >= 0.3 is 0 Å². The zero-order chi connectivity index (χ0) is 19.1. The minimum absolute atomic E-state index is 0.771. The smallest absolute Gasteiger partial charge is 0.159 e. The van der Waals surface area contributed by atoms with E-state index in [-0.39, 0.29) is 0 Å². The van der Waals surface area contributed by atoms with Crippen molar-refractivity contribution in [2.75, 3.05) is 7.11 Å². The number of hydrogen-bond donors (Lipinski definition) is 0. The largest absolute Gasteiger partial charge is 0.490 e. The molecule has 0 fully saturated rings. The summed E-state index contributed by atoms with van der Waals surface area (Å²) < 4.78 is 5.02. The van der Waals surface area contributed by atoms with Gasteiger partial charge in [-0.2, -0.15) is 0 Å². The Labute approximate surface area is 171 Å². The molecule has 0 aromatic rings. The molecule has 0 N–H and O–H groups in total. The lowest BCUT2D eigenvalue weighted by molar-refractivity contribution is 0.399. The molecule has 0 bridgehead atoms. The van der Waals surface area contributed by atoms with Crippen LogP contribution in [0.4, 0.5) is 0 Å². The zero-order valence-electron chi connectivity index (χ0n) is 18.2. The lowest BCUT2D eigenvalue weighted by atomic mass is 10.0. The highest BCUT2D eigenvalue weighted by Crippen LogP contribution is 2.15. The van der Waals surface area contributed by atoms with E-state index >= 15 is 0 Å². The van der Waals surface area contributed by atoms with E-state index in [0.717, 1.165) is 11.5 Å². The van der Waals surface area contributed by atoms with Crippen molar-refractivity contribution in [1.29, 1.82) is 0 Å². The van der Waals surface area contributed by atoms with Gasteiger partial charge in [0.1, 0.15) is 0 Å². The molecule has 26 heavy (non-hydrogen) atoms. The molecule has 0 aromatic carbocycles. The van der Waals surface area contributed by atoms with Crippen molar-refractivity contribution >= 4 is 17.3 Å². The third-order valence-corrected chi connectivity index (χ3v) is 5.83. The van der Waals surface area contributed by atoms with Crippen molar-refractivity contribution in [3.8, 4) is 0 Å². The molecule has 0 aliphatic heterocycles. The number of thiocarbonyl (C=S) groups is 1. The molecule has 0 heterocycles. The van der Waals surface area contributed by atoms with Crippen LogP contribution in [0.2, 0.25) is 0 Å². The Morgan fingerprint density at radius 1 is 0.500 bits per heavy atom. The van der Waals surface area contributed by atoms with Gasteiger partial charge in [0.15, 0.2) is 5.05 Å². The molecule has 0 radical (unpaired) electrons. The summed E-state index contributed by atoms with van der Waals surface area (Å²) in [5, 5.41) is 0.771. The molecule has 0 atom stereocenters. The Morgan fingerprint density at radius 3 is 1.04 bits per heavy atom. The van der Waals surface area contributed by atoms with Gasteiger partial charge < -0.3 is 4.74 Å². The number of hydrogen-bond acceptors (Lipinski definition) is 2. The second-order valence-electron chi connectivity index (χ2n) is 8.04. The van der Waals surface area contributed by atoms with Gasteiger partial charge in [0.2, 0.25) is 0 Å². The number of methoxy groups -OCH3 is 1. The van der Waals surface area contributed by atoms with Crippen LogP contribution in [0.1, 0.15) is 142 Å². The molecule has 1 nitrogen and oxygen atoms in total. The van der Waals surface area contributed by atoms with Gasteiger partial charge in [0.25, 0.3) is 0 Å². The first kappa shape index (κ1) is 25.9. The van der Waals surface area contributed by atoms with Gasteiger partial charge in [-0.15, -0.1) is 0 Å². The summed E-state index contributed by atoms with van der Waals surface area (Å²) in [7, 11) is 1.68. The van der Waals surface area contributed by atoms with Gasteiger partial charge in [-0.1, -0.05) is 129 Å². The van der Waals surface area contributed by atoms with Gasteiger partial charge in [-0.05, 0) is 18.6 Å². The van der Waals surface area contributed by atoms with Crippen LogP contribution in [-0.4, -0.2) is 12.2 Å². The van der Waals surface area contributed by atoms with Crippen LogP contribution < -0.4 is 0 Å². The quantitative estimate of drug-likeness (QED) is 0.144. The molecule has 0 aliphatic rings. The maximum Gasteiger partial charge on any atom is 0.159 e. The standard InChI is InChI=1S/C24H48OS/c1-3-4-5-6-7-8-9-10-11-12-13-14-15-16-17-18-19-20-21-22-23-24(26)25-2/h3-23H2,1-2H3. The lowest BCUT2D eigenvalue weighted by Gasteiger charge is -2.04. The van der Waals surface area contributed by atoms with Crippen LogP contribution in [-0.2, 0) is 4.74 Å². The van der Waals surface area contributed by atoms with E-state index in [4.69, 9.17) is 17.0 Å². The van der Waals surface area contributed by atoms with Crippen LogP contribution in [0.15, 0.2) is 0 Å². The molecular formula is C24H48OS. The lowest BCUT2D eigenvalue weighted by Crippen LogP contribution is -1.96. The second kappa shape index (κ2) is 22.9. The summed E-state index contributed by atoms with van der Waals surface area (Å²) in [5.41, 5.74) is 0. The van der Waals surface area contributed by atoms with Gasteiger partial charge in [-0.3, -0.25) is 0 Å². The predicted octanol–water partition coefficient (Wildman–Crippen LogP) is 9.17. The van der Waals surface area contributed by atoms with Crippen LogP contribution in [0.3, 0.4) is 0 Å². The van der Waals surface area contributed by atoms with E-state index in [0.29, 0.717) is 0 Å². The van der Waals surface area contributed by atoms with Crippen molar-refractivity contribution in [1.82, 2.24) is 0 Å². The minimum atomic E-state index is 0.771. The monoisotopic (exact) mass is 384 g/mol. The second-order valence-corrected chi connectivity index (χ2v) is 8.50. The third-order valence-electron chi connectivity index (χ3n) is 5.46. The SMILES string of the molecule is CCCCCCCCCCCCCCCCCCCCCCC(=S)OC. The highest BCUT2D eigenvalue weighted by Gasteiger charge is 1.97. The van der Waals surface area contributed by atoms with Crippen molar-refractivity contribution < 1.29 is 4.74 Å². The molecule has 0 aromatic heterocycles. The van der Waals surface area contributed by atoms with Gasteiger partial charge in [0, 0.05) is 6.42 Å². The number of rotatable bonds is 21. The highest BCUT2D eigenvalue weighted by molar-refractivity contribution is 7.80. The Kier molecular flexibility index (Phi) is 22.8. The Balaban J connectivity index is 3.00. The first-order valence-electron chi connectivity index (χ1n) is 11.9. The van der Waals surface area contributed by atoms with E-state index < -0.39 is 0 Å². The average molecular weight is 385 g/mol. The van der Waals surface area contributed by atoms with Crippen LogP contribution >= 0.6 is 12.2 Å². The normalized spacial score (nSPS) is 11.0. The molecule has 2 heteroatoms. The summed E-state index contributed by atoms with van der Waals surface area (Å²) >= 11 is 5.06. The highest BCUT2D eigenvalue weighted by atomic mass is 32.1. The molecule has 0 spiro atoms. The van der Waals surface area contributed by atoms with E-state index in [1.165, 1.54) is 128 Å². The summed E-state index contributed by atoms with van der Waals surface area (Å²) in [6, 6.07) is 0. The Bertz CT molecular complexity index is 277. The predicted molar refractivity (Wildman–Crippen MR) is 122 cm³/mol. The van der Waals surface area contributed by atoms with Crippen LogP contribution in [0.25, 0.3) is 0 Å². The fourth-order valence-electron chi connectivity index (χ4n) is 3.63. The maximum atomic E-state index is 5.06. The van der Waals surface area contributed by atoms with Crippen LogP contribution in [0.5, 0.6) is 0 Å². The summed E-state index contributed by atoms with van der Waals surface area (Å²) in [5.74, 6) is 0. The fourth-order valence-corrected chi connectivity index (χ4v) is 3.77. The fraction of sp³-hybridized carbons (Fsp3) is 0.958. The first-order valence-corrected chi connectivity index (χ1v) is 12.3. The third kappa shape index (κ3) is 21.9. The summed E-state index contributed by atoms with van der Waals surface area (Å²) in [6.45, 7) is 2.30. The topological polar surface area (TPSA) is 9.23 Å². The Morgan fingerprint density at radius 2 is 0.769 bits per heavy atom. The van der Waals surface area contributed by atoms with Crippen LogP contribution in [0, 0.1) is 0 Å². The molecule has 0 amide bonds. The van der Waals surface area contributed by atoms with E-state index in [9.17, 15) is 0 Å². The van der Waals surface area contributed by atoms with E-state index in [1.807, 2.05) is 0 Å². The van der Waals surface area contributed by atoms with E-state index in [2.05, 4.69) is 6.92 Å².